The Labute approximate surface area is 133 Å². The van der Waals surface area contributed by atoms with Crippen molar-refractivity contribution >= 4 is 11.8 Å². The van der Waals surface area contributed by atoms with E-state index in [4.69, 9.17) is 4.74 Å². The van der Waals surface area contributed by atoms with Crippen molar-refractivity contribution in [1.82, 2.24) is 5.32 Å². The van der Waals surface area contributed by atoms with Crippen molar-refractivity contribution in [2.24, 2.45) is 0 Å². The molecule has 5 nitrogen and oxygen atoms in total. The Bertz CT molecular complexity index is 519. The van der Waals surface area contributed by atoms with Crippen LogP contribution in [0.2, 0.25) is 0 Å². The maximum atomic E-state index is 13.5. The molecule has 0 aromatic heterocycles. The molecule has 0 unspecified atom stereocenters. The summed E-state index contributed by atoms with van der Waals surface area (Å²) < 4.78 is 46.6. The van der Waals surface area contributed by atoms with Crippen LogP contribution in [0.1, 0.15) is 27.2 Å². The standard InChI is InChI=1S/C15H21F3N2O3/c1-15(2,3)23-14(21)20-8-4-7-19-10-5-6-12(11(16)9-10)22-13(17)18/h5-6,9,13,19H,4,7-8H2,1-3H3,(H,20,21). The summed E-state index contributed by atoms with van der Waals surface area (Å²) in [5.41, 5.74) is -0.122. The smallest absolute Gasteiger partial charge is 0.407 e. The van der Waals surface area contributed by atoms with Gasteiger partial charge in [0.05, 0.1) is 0 Å². The van der Waals surface area contributed by atoms with E-state index in [0.29, 0.717) is 25.2 Å². The largest absolute Gasteiger partial charge is 0.444 e. The SMILES string of the molecule is CC(C)(C)OC(=O)NCCCNc1ccc(OC(F)F)c(F)c1. The molecular weight excluding hydrogens is 313 g/mol. The first kappa shape index (κ1) is 18.9. The van der Waals surface area contributed by atoms with Gasteiger partial charge in [-0.15, -0.1) is 0 Å². The molecule has 0 aliphatic carbocycles. The number of alkyl carbamates (subject to hydrolysis) is 1. The van der Waals surface area contributed by atoms with Crippen LogP contribution in [0.5, 0.6) is 5.75 Å². The van der Waals surface area contributed by atoms with Crippen LogP contribution >= 0.6 is 0 Å². The summed E-state index contributed by atoms with van der Waals surface area (Å²) >= 11 is 0. The first-order chi connectivity index (χ1) is 10.7. The molecule has 2 N–H and O–H groups in total. The number of benzene rings is 1. The molecule has 1 aromatic rings. The molecule has 8 heteroatoms. The van der Waals surface area contributed by atoms with Crippen molar-refractivity contribution in [3.8, 4) is 5.75 Å². The molecule has 0 saturated carbocycles. The minimum Gasteiger partial charge on any atom is -0.444 e. The number of anilines is 1. The average Bonchev–Trinajstić information content (AvgIpc) is 2.39. The van der Waals surface area contributed by atoms with Gasteiger partial charge in [0.1, 0.15) is 5.60 Å². The van der Waals surface area contributed by atoms with Crippen molar-refractivity contribution in [1.29, 1.82) is 0 Å². The highest BCUT2D eigenvalue weighted by Crippen LogP contribution is 2.22. The van der Waals surface area contributed by atoms with Gasteiger partial charge in [-0.1, -0.05) is 0 Å². The Morgan fingerprint density at radius 1 is 1.26 bits per heavy atom. The highest BCUT2D eigenvalue weighted by molar-refractivity contribution is 5.67. The quantitative estimate of drug-likeness (QED) is 0.746. The number of ether oxygens (including phenoxy) is 2. The van der Waals surface area contributed by atoms with Crippen LogP contribution in [0, 0.1) is 5.82 Å². The van der Waals surface area contributed by atoms with Gasteiger partial charge in [0.15, 0.2) is 11.6 Å². The maximum Gasteiger partial charge on any atom is 0.407 e. The van der Waals surface area contributed by atoms with Gasteiger partial charge in [-0.25, -0.2) is 9.18 Å². The average molecular weight is 334 g/mol. The molecule has 0 bridgehead atoms. The van der Waals surface area contributed by atoms with Crippen LogP contribution < -0.4 is 15.4 Å². The van der Waals surface area contributed by atoms with E-state index in [0.717, 1.165) is 12.1 Å². The lowest BCUT2D eigenvalue weighted by Gasteiger charge is -2.19. The van der Waals surface area contributed by atoms with Gasteiger partial charge in [-0.2, -0.15) is 8.78 Å². The zero-order valence-electron chi connectivity index (χ0n) is 13.3. The second kappa shape index (κ2) is 8.50. The molecule has 0 fully saturated rings. The molecule has 1 amide bonds. The van der Waals surface area contributed by atoms with Gasteiger partial charge in [-0.05, 0) is 39.3 Å². The molecule has 130 valence electrons. The first-order valence-electron chi connectivity index (χ1n) is 7.12. The fourth-order valence-corrected chi connectivity index (χ4v) is 1.63. The minimum absolute atomic E-state index is 0.386. The van der Waals surface area contributed by atoms with Crippen molar-refractivity contribution in [3.05, 3.63) is 24.0 Å². The highest BCUT2D eigenvalue weighted by Gasteiger charge is 2.15. The summed E-state index contributed by atoms with van der Waals surface area (Å²) in [7, 11) is 0. The Balaban J connectivity index is 2.28. The summed E-state index contributed by atoms with van der Waals surface area (Å²) in [5, 5.41) is 5.50. The summed E-state index contributed by atoms with van der Waals surface area (Å²) in [5.74, 6) is -1.38. The third-order valence-electron chi connectivity index (χ3n) is 2.50. The predicted octanol–water partition coefficient (Wildman–Crippen LogP) is 3.75. The van der Waals surface area contributed by atoms with Gasteiger partial charge >= 0.3 is 12.7 Å². The number of amides is 1. The third-order valence-corrected chi connectivity index (χ3v) is 2.50. The van der Waals surface area contributed by atoms with Crippen LogP contribution in [0.4, 0.5) is 23.7 Å². The predicted molar refractivity (Wildman–Crippen MR) is 80.4 cm³/mol. The summed E-state index contributed by atoms with van der Waals surface area (Å²) in [6.07, 6.45) is 0.0768. The number of halogens is 3. The molecule has 1 aromatic carbocycles. The number of alkyl halides is 2. The van der Waals surface area contributed by atoms with Crippen molar-refractivity contribution in [2.45, 2.75) is 39.4 Å². The summed E-state index contributed by atoms with van der Waals surface area (Å²) in [6.45, 7) is 3.08. The van der Waals surface area contributed by atoms with Gasteiger partial charge in [0, 0.05) is 24.8 Å². The van der Waals surface area contributed by atoms with Gasteiger partial charge in [0.25, 0.3) is 0 Å². The molecule has 0 aliphatic heterocycles. The Morgan fingerprint density at radius 2 is 1.96 bits per heavy atom. The molecule has 0 radical (unpaired) electrons. The Kier molecular flexibility index (Phi) is 6.99. The maximum absolute atomic E-state index is 13.5. The van der Waals surface area contributed by atoms with Crippen LogP contribution in [0.3, 0.4) is 0 Å². The molecule has 0 aliphatic rings. The van der Waals surface area contributed by atoms with E-state index in [1.54, 1.807) is 20.8 Å². The zero-order valence-corrected chi connectivity index (χ0v) is 13.3. The molecule has 23 heavy (non-hydrogen) atoms. The van der Waals surface area contributed by atoms with Crippen LogP contribution in [-0.2, 0) is 4.74 Å². The van der Waals surface area contributed by atoms with E-state index in [1.165, 1.54) is 6.07 Å². The lowest BCUT2D eigenvalue weighted by Crippen LogP contribution is -2.33. The lowest BCUT2D eigenvalue weighted by molar-refractivity contribution is -0.0521. The first-order valence-corrected chi connectivity index (χ1v) is 7.12. The van der Waals surface area contributed by atoms with Crippen LogP contribution in [0.15, 0.2) is 18.2 Å². The highest BCUT2D eigenvalue weighted by atomic mass is 19.3. The van der Waals surface area contributed by atoms with Crippen LogP contribution in [0.25, 0.3) is 0 Å². The van der Waals surface area contributed by atoms with E-state index in [2.05, 4.69) is 15.4 Å². The molecule has 0 saturated heterocycles. The summed E-state index contributed by atoms with van der Waals surface area (Å²) in [4.78, 5) is 11.4. The van der Waals surface area contributed by atoms with Crippen molar-refractivity contribution < 1.29 is 27.4 Å². The normalized spacial score (nSPS) is 11.3. The lowest BCUT2D eigenvalue weighted by atomic mass is 10.2. The molecule has 1 rings (SSSR count). The third kappa shape index (κ3) is 8.18. The summed E-state index contributed by atoms with van der Waals surface area (Å²) in [6, 6.07) is 3.63. The second-order valence-electron chi connectivity index (χ2n) is 5.73. The Hall–Kier alpha value is -2.12. The second-order valence-corrected chi connectivity index (χ2v) is 5.73. The van der Waals surface area contributed by atoms with Crippen LogP contribution in [-0.4, -0.2) is 31.4 Å². The zero-order chi connectivity index (χ0) is 17.5. The van der Waals surface area contributed by atoms with Crippen molar-refractivity contribution in [3.63, 3.8) is 0 Å². The molecule has 0 atom stereocenters. The molecular formula is C15H21F3N2O3. The topological polar surface area (TPSA) is 59.6 Å². The fourth-order valence-electron chi connectivity index (χ4n) is 1.63. The number of carbonyl (C=O) groups excluding carboxylic acids is 1. The molecule has 0 heterocycles. The van der Waals surface area contributed by atoms with E-state index < -0.39 is 29.9 Å². The van der Waals surface area contributed by atoms with E-state index >= 15 is 0 Å². The van der Waals surface area contributed by atoms with E-state index in [9.17, 15) is 18.0 Å². The molecule has 0 spiro atoms. The van der Waals surface area contributed by atoms with Gasteiger partial charge in [0.2, 0.25) is 0 Å². The van der Waals surface area contributed by atoms with E-state index in [1.807, 2.05) is 0 Å². The number of rotatable bonds is 7. The monoisotopic (exact) mass is 334 g/mol. The Morgan fingerprint density at radius 3 is 2.52 bits per heavy atom. The van der Waals surface area contributed by atoms with Gasteiger partial charge < -0.3 is 20.1 Å². The number of hydrogen-bond acceptors (Lipinski definition) is 4. The van der Waals surface area contributed by atoms with Gasteiger partial charge in [-0.3, -0.25) is 0 Å². The number of nitrogens with one attached hydrogen (secondary N) is 2. The van der Waals surface area contributed by atoms with E-state index in [-0.39, 0.29) is 0 Å². The minimum atomic E-state index is -3.07. The number of hydrogen-bond donors (Lipinski definition) is 2. The number of carbonyl (C=O) groups is 1. The fraction of sp³-hybridized carbons (Fsp3) is 0.533. The van der Waals surface area contributed by atoms with Crippen molar-refractivity contribution in [2.75, 3.05) is 18.4 Å².